The number of aryl methyl sites for hydroxylation is 2. The first kappa shape index (κ1) is 13.3. The standard InChI is InChI=1S/C18H27NS/c1-3-16-4-12(2)17(20-16)11-19-18-8-13-5-14(9-18)7-15(6-13)10-18/h4,13-15,19H,3,5-11H2,1-2H3. The maximum Gasteiger partial charge on any atom is 0.0307 e. The van der Waals surface area contributed by atoms with Gasteiger partial charge in [0.05, 0.1) is 0 Å². The summed E-state index contributed by atoms with van der Waals surface area (Å²) in [6.45, 7) is 5.66. The predicted molar refractivity (Wildman–Crippen MR) is 86.2 cm³/mol. The molecular weight excluding hydrogens is 262 g/mol. The van der Waals surface area contributed by atoms with Gasteiger partial charge in [-0.05, 0) is 81.3 Å². The highest BCUT2D eigenvalue weighted by Crippen LogP contribution is 2.55. The van der Waals surface area contributed by atoms with Crippen LogP contribution in [0.4, 0.5) is 0 Å². The van der Waals surface area contributed by atoms with Gasteiger partial charge >= 0.3 is 0 Å². The highest BCUT2D eigenvalue weighted by Gasteiger charge is 2.50. The molecule has 0 spiro atoms. The van der Waals surface area contributed by atoms with Crippen molar-refractivity contribution in [2.45, 2.75) is 70.9 Å². The normalized spacial score (nSPS) is 38.6. The Morgan fingerprint density at radius 2 is 1.75 bits per heavy atom. The largest absolute Gasteiger partial charge is 0.306 e. The number of nitrogens with one attached hydrogen (secondary N) is 1. The molecule has 4 aliphatic rings. The fourth-order valence-corrected chi connectivity index (χ4v) is 6.60. The number of hydrogen-bond donors (Lipinski definition) is 1. The Morgan fingerprint density at radius 1 is 1.15 bits per heavy atom. The summed E-state index contributed by atoms with van der Waals surface area (Å²) in [5.41, 5.74) is 2.02. The van der Waals surface area contributed by atoms with E-state index in [4.69, 9.17) is 0 Å². The summed E-state index contributed by atoms with van der Waals surface area (Å²) in [4.78, 5) is 3.13. The molecule has 0 saturated heterocycles. The van der Waals surface area contributed by atoms with Gasteiger partial charge in [-0.2, -0.15) is 0 Å². The molecule has 1 aromatic rings. The Morgan fingerprint density at radius 3 is 2.25 bits per heavy atom. The molecule has 1 aromatic heterocycles. The van der Waals surface area contributed by atoms with E-state index < -0.39 is 0 Å². The SMILES string of the molecule is CCc1cc(C)c(CNC23CC4CC(CC(C4)C2)C3)s1. The second kappa shape index (κ2) is 4.84. The van der Waals surface area contributed by atoms with E-state index in [0.29, 0.717) is 5.54 Å². The molecule has 0 radical (unpaired) electrons. The molecule has 20 heavy (non-hydrogen) atoms. The van der Waals surface area contributed by atoms with Crippen molar-refractivity contribution in [2.24, 2.45) is 17.8 Å². The zero-order valence-corrected chi connectivity index (χ0v) is 13.7. The lowest BCUT2D eigenvalue weighted by atomic mass is 9.53. The quantitative estimate of drug-likeness (QED) is 0.849. The topological polar surface area (TPSA) is 12.0 Å². The molecule has 0 aliphatic heterocycles. The van der Waals surface area contributed by atoms with Crippen LogP contribution in [-0.2, 0) is 13.0 Å². The molecule has 1 nitrogen and oxygen atoms in total. The van der Waals surface area contributed by atoms with Crippen LogP contribution in [0.25, 0.3) is 0 Å². The lowest BCUT2D eigenvalue weighted by Crippen LogP contribution is -2.58. The number of thiophene rings is 1. The Balaban J connectivity index is 1.47. The van der Waals surface area contributed by atoms with Crippen molar-refractivity contribution in [2.75, 3.05) is 0 Å². The third kappa shape index (κ3) is 2.25. The van der Waals surface area contributed by atoms with Crippen molar-refractivity contribution in [1.82, 2.24) is 5.32 Å². The summed E-state index contributed by atoms with van der Waals surface area (Å²) in [5.74, 6) is 3.14. The van der Waals surface area contributed by atoms with Crippen molar-refractivity contribution in [1.29, 1.82) is 0 Å². The highest BCUT2D eigenvalue weighted by atomic mass is 32.1. The molecule has 1 heterocycles. The molecular formula is C18H27NS. The molecule has 4 saturated carbocycles. The van der Waals surface area contributed by atoms with Crippen LogP contribution < -0.4 is 5.32 Å². The van der Waals surface area contributed by atoms with Crippen molar-refractivity contribution in [3.63, 3.8) is 0 Å². The van der Waals surface area contributed by atoms with Crippen LogP contribution >= 0.6 is 11.3 Å². The smallest absolute Gasteiger partial charge is 0.0307 e. The van der Waals surface area contributed by atoms with Crippen molar-refractivity contribution >= 4 is 11.3 Å². The van der Waals surface area contributed by atoms with E-state index in [-0.39, 0.29) is 0 Å². The van der Waals surface area contributed by atoms with Gasteiger partial charge in [-0.1, -0.05) is 6.92 Å². The van der Waals surface area contributed by atoms with Gasteiger partial charge in [0.25, 0.3) is 0 Å². The van der Waals surface area contributed by atoms with Crippen LogP contribution in [0.15, 0.2) is 6.07 Å². The minimum atomic E-state index is 0.511. The van der Waals surface area contributed by atoms with Gasteiger partial charge < -0.3 is 5.32 Å². The summed E-state index contributed by atoms with van der Waals surface area (Å²) in [6.07, 6.45) is 10.2. The van der Waals surface area contributed by atoms with E-state index in [1.807, 2.05) is 11.3 Å². The maximum atomic E-state index is 4.03. The monoisotopic (exact) mass is 289 g/mol. The van der Waals surface area contributed by atoms with Crippen molar-refractivity contribution in [3.8, 4) is 0 Å². The van der Waals surface area contributed by atoms with Gasteiger partial charge in [-0.3, -0.25) is 0 Å². The first-order chi connectivity index (χ1) is 9.66. The summed E-state index contributed by atoms with van der Waals surface area (Å²) >= 11 is 2.03. The molecule has 5 rings (SSSR count). The zero-order valence-electron chi connectivity index (χ0n) is 12.9. The van der Waals surface area contributed by atoms with Crippen molar-refractivity contribution in [3.05, 3.63) is 21.4 Å². The Labute approximate surface area is 127 Å². The second-order valence-corrected chi connectivity index (χ2v) is 8.95. The molecule has 4 aliphatic carbocycles. The third-order valence-electron chi connectivity index (χ3n) is 6.08. The molecule has 110 valence electrons. The third-order valence-corrected chi connectivity index (χ3v) is 7.46. The van der Waals surface area contributed by atoms with Gasteiger partial charge in [-0.15, -0.1) is 11.3 Å². The Bertz CT molecular complexity index is 466. The Hall–Kier alpha value is -0.340. The van der Waals surface area contributed by atoms with Crippen LogP contribution in [0.5, 0.6) is 0 Å². The molecule has 0 amide bonds. The van der Waals surface area contributed by atoms with Crippen LogP contribution in [0, 0.1) is 24.7 Å². The van der Waals surface area contributed by atoms with E-state index in [1.54, 1.807) is 9.75 Å². The average Bonchev–Trinajstić information content (AvgIpc) is 2.76. The first-order valence-corrected chi connectivity index (χ1v) is 9.30. The molecule has 1 N–H and O–H groups in total. The van der Waals surface area contributed by atoms with E-state index in [1.165, 1.54) is 50.5 Å². The van der Waals surface area contributed by atoms with Gasteiger partial charge in [0, 0.05) is 21.8 Å². The van der Waals surface area contributed by atoms with E-state index in [2.05, 4.69) is 25.2 Å². The Kier molecular flexibility index (Phi) is 3.23. The number of hydrogen-bond acceptors (Lipinski definition) is 2. The number of rotatable bonds is 4. The van der Waals surface area contributed by atoms with Gasteiger partial charge in [0.1, 0.15) is 0 Å². The minimum Gasteiger partial charge on any atom is -0.306 e. The van der Waals surface area contributed by atoms with Gasteiger partial charge in [0.15, 0.2) is 0 Å². The van der Waals surface area contributed by atoms with Crippen molar-refractivity contribution < 1.29 is 0 Å². The predicted octanol–water partition coefficient (Wildman–Crippen LogP) is 4.68. The fraction of sp³-hybridized carbons (Fsp3) is 0.778. The highest BCUT2D eigenvalue weighted by molar-refractivity contribution is 7.12. The first-order valence-electron chi connectivity index (χ1n) is 8.49. The molecule has 2 heteroatoms. The lowest BCUT2D eigenvalue weighted by Gasteiger charge is -2.57. The van der Waals surface area contributed by atoms with Gasteiger partial charge in [-0.25, -0.2) is 0 Å². The van der Waals surface area contributed by atoms with Crippen LogP contribution in [0.3, 0.4) is 0 Å². The minimum absolute atomic E-state index is 0.511. The maximum absolute atomic E-state index is 4.03. The molecule has 0 unspecified atom stereocenters. The fourth-order valence-electron chi connectivity index (χ4n) is 5.53. The molecule has 4 bridgehead atoms. The summed E-state index contributed by atoms with van der Waals surface area (Å²) in [6, 6.07) is 2.39. The second-order valence-electron chi connectivity index (χ2n) is 7.72. The van der Waals surface area contributed by atoms with Gasteiger partial charge in [0.2, 0.25) is 0 Å². The average molecular weight is 289 g/mol. The van der Waals surface area contributed by atoms with Crippen LogP contribution in [0.2, 0.25) is 0 Å². The molecule has 0 aromatic carbocycles. The van der Waals surface area contributed by atoms with E-state index in [9.17, 15) is 0 Å². The summed E-state index contributed by atoms with van der Waals surface area (Å²) in [5, 5.41) is 4.03. The van der Waals surface area contributed by atoms with Crippen LogP contribution in [0.1, 0.15) is 60.8 Å². The molecule has 4 fully saturated rings. The zero-order chi connectivity index (χ0) is 13.7. The molecule has 0 atom stereocenters. The summed E-state index contributed by atoms with van der Waals surface area (Å²) in [7, 11) is 0. The van der Waals surface area contributed by atoms with E-state index in [0.717, 1.165) is 24.3 Å². The van der Waals surface area contributed by atoms with Crippen LogP contribution in [-0.4, -0.2) is 5.54 Å². The summed E-state index contributed by atoms with van der Waals surface area (Å²) < 4.78 is 0. The van der Waals surface area contributed by atoms with E-state index >= 15 is 0 Å². The lowest BCUT2D eigenvalue weighted by molar-refractivity contribution is -0.0204.